The van der Waals surface area contributed by atoms with Crippen LogP contribution in [0.1, 0.15) is 19.4 Å². The Balaban J connectivity index is 2.59. The average molecular weight is 285 g/mol. The number of hydrogen-bond acceptors (Lipinski definition) is 3. The molecule has 0 radical (unpaired) electrons. The first-order valence-corrected chi connectivity index (χ1v) is 5.84. The van der Waals surface area contributed by atoms with Gasteiger partial charge in [-0.1, -0.05) is 6.07 Å². The van der Waals surface area contributed by atoms with E-state index in [4.69, 9.17) is 4.74 Å². The highest BCUT2D eigenvalue weighted by atomic mass is 19.2. The second-order valence-electron chi connectivity index (χ2n) is 4.93. The molecule has 1 fully saturated rings. The lowest BCUT2D eigenvalue weighted by atomic mass is 9.75. The molecule has 1 heterocycles. The van der Waals surface area contributed by atoms with E-state index in [-0.39, 0.29) is 5.56 Å². The number of carboxylic acid groups (broad SMARTS) is 1. The maximum absolute atomic E-state index is 13.4. The Morgan fingerprint density at radius 3 is 2.55 bits per heavy atom. The van der Waals surface area contributed by atoms with Crippen molar-refractivity contribution in [2.75, 3.05) is 6.61 Å². The number of morpholine rings is 1. The van der Waals surface area contributed by atoms with E-state index in [1.165, 1.54) is 19.9 Å². The summed E-state index contributed by atoms with van der Waals surface area (Å²) < 4.78 is 31.5. The third kappa shape index (κ3) is 1.94. The van der Waals surface area contributed by atoms with E-state index in [0.717, 1.165) is 12.1 Å². The molecule has 1 saturated heterocycles. The first kappa shape index (κ1) is 14.4. The molecular weight excluding hydrogens is 272 g/mol. The van der Waals surface area contributed by atoms with Gasteiger partial charge in [-0.3, -0.25) is 4.79 Å². The van der Waals surface area contributed by atoms with Gasteiger partial charge in [0.25, 0.3) is 0 Å². The van der Waals surface area contributed by atoms with E-state index in [1.54, 1.807) is 0 Å². The number of nitrogens with one attached hydrogen (secondary N) is 1. The zero-order valence-electron chi connectivity index (χ0n) is 10.9. The zero-order valence-corrected chi connectivity index (χ0v) is 10.9. The van der Waals surface area contributed by atoms with Crippen molar-refractivity contribution < 1.29 is 28.2 Å². The van der Waals surface area contributed by atoms with Crippen LogP contribution in [-0.4, -0.2) is 29.2 Å². The van der Waals surface area contributed by atoms with Crippen LogP contribution in [0.4, 0.5) is 8.78 Å². The van der Waals surface area contributed by atoms with Crippen LogP contribution in [0.3, 0.4) is 0 Å². The first-order chi connectivity index (χ1) is 9.20. The van der Waals surface area contributed by atoms with Gasteiger partial charge in [0.1, 0.15) is 12.1 Å². The molecular formula is C13H13F2NO4. The molecule has 2 N–H and O–H groups in total. The summed E-state index contributed by atoms with van der Waals surface area (Å²) in [5.41, 5.74) is -3.22. The number of rotatable bonds is 2. The second-order valence-corrected chi connectivity index (χ2v) is 4.93. The van der Waals surface area contributed by atoms with Crippen molar-refractivity contribution in [3.05, 3.63) is 35.4 Å². The number of halogens is 2. The van der Waals surface area contributed by atoms with E-state index in [2.05, 4.69) is 5.32 Å². The third-order valence-electron chi connectivity index (χ3n) is 3.74. The summed E-state index contributed by atoms with van der Waals surface area (Å²) in [6, 6.07) is 2.94. The summed E-state index contributed by atoms with van der Waals surface area (Å²) in [7, 11) is 0. The largest absolute Gasteiger partial charge is 0.479 e. The van der Waals surface area contributed by atoms with Crippen molar-refractivity contribution in [2.24, 2.45) is 0 Å². The molecule has 20 heavy (non-hydrogen) atoms. The van der Waals surface area contributed by atoms with Crippen molar-refractivity contribution >= 4 is 11.9 Å². The summed E-state index contributed by atoms with van der Waals surface area (Å²) in [5.74, 6) is -4.03. The van der Waals surface area contributed by atoms with Gasteiger partial charge in [-0.25, -0.2) is 13.6 Å². The normalized spacial score (nSPS) is 29.9. The van der Waals surface area contributed by atoms with E-state index in [9.17, 15) is 23.5 Å². The quantitative estimate of drug-likeness (QED) is 0.855. The van der Waals surface area contributed by atoms with Crippen LogP contribution in [0.2, 0.25) is 0 Å². The molecule has 5 nitrogen and oxygen atoms in total. The van der Waals surface area contributed by atoms with Gasteiger partial charge in [-0.05, 0) is 31.5 Å². The lowest BCUT2D eigenvalue weighted by molar-refractivity contribution is -0.188. The standard InChI is InChI=1S/C13H13F2NO4/c1-12(7-3-4-8(14)9(15)5-7)13(2,11(18)19)20-6-10(17)16-12/h3-5H,6H2,1-2H3,(H,16,17)(H,18,19). The predicted molar refractivity (Wildman–Crippen MR) is 63.8 cm³/mol. The van der Waals surface area contributed by atoms with Gasteiger partial charge in [-0.15, -0.1) is 0 Å². The summed E-state index contributed by atoms with van der Waals surface area (Å²) in [5, 5.41) is 11.9. The number of hydrogen-bond donors (Lipinski definition) is 2. The first-order valence-electron chi connectivity index (χ1n) is 5.84. The Kier molecular flexibility index (Phi) is 3.25. The lowest BCUT2D eigenvalue weighted by Crippen LogP contribution is -2.68. The van der Waals surface area contributed by atoms with Crippen molar-refractivity contribution in [1.82, 2.24) is 5.32 Å². The number of amides is 1. The van der Waals surface area contributed by atoms with Gasteiger partial charge in [-0.2, -0.15) is 0 Å². The van der Waals surface area contributed by atoms with E-state index in [1.807, 2.05) is 0 Å². The molecule has 1 aromatic rings. The minimum atomic E-state index is -1.80. The zero-order chi connectivity index (χ0) is 15.1. The number of carbonyl (C=O) groups excluding carboxylic acids is 1. The van der Waals surface area contributed by atoms with Crippen molar-refractivity contribution in [2.45, 2.75) is 25.0 Å². The maximum Gasteiger partial charge on any atom is 0.338 e. The fraction of sp³-hybridized carbons (Fsp3) is 0.385. The molecule has 1 aliphatic heterocycles. The van der Waals surface area contributed by atoms with Crippen molar-refractivity contribution in [1.29, 1.82) is 0 Å². The molecule has 108 valence electrons. The minimum absolute atomic E-state index is 0.106. The van der Waals surface area contributed by atoms with Crippen LogP contribution < -0.4 is 5.32 Å². The van der Waals surface area contributed by atoms with Gasteiger partial charge in [0.2, 0.25) is 5.91 Å². The summed E-state index contributed by atoms with van der Waals surface area (Å²) >= 11 is 0. The van der Waals surface area contributed by atoms with E-state index in [0.29, 0.717) is 0 Å². The molecule has 1 aliphatic rings. The summed E-state index contributed by atoms with van der Waals surface area (Å²) in [6.07, 6.45) is 0. The SMILES string of the molecule is CC1(C(=O)O)OCC(=O)NC1(C)c1ccc(F)c(F)c1. The molecule has 0 spiro atoms. The fourth-order valence-electron chi connectivity index (χ4n) is 2.22. The highest BCUT2D eigenvalue weighted by molar-refractivity contribution is 5.86. The third-order valence-corrected chi connectivity index (χ3v) is 3.74. The molecule has 2 atom stereocenters. The summed E-state index contributed by atoms with van der Waals surface area (Å²) in [6.45, 7) is 2.25. The smallest absolute Gasteiger partial charge is 0.338 e. The van der Waals surface area contributed by atoms with Gasteiger partial charge in [0, 0.05) is 0 Å². The van der Waals surface area contributed by atoms with Crippen LogP contribution in [-0.2, 0) is 19.9 Å². The van der Waals surface area contributed by atoms with E-state index < -0.39 is 41.3 Å². The predicted octanol–water partition coefficient (Wildman–Crippen LogP) is 1.17. The molecule has 2 unspecified atom stereocenters. The maximum atomic E-state index is 13.4. The molecule has 1 aromatic carbocycles. The van der Waals surface area contributed by atoms with Crippen molar-refractivity contribution in [3.63, 3.8) is 0 Å². The van der Waals surface area contributed by atoms with Crippen LogP contribution in [0.25, 0.3) is 0 Å². The molecule has 0 aliphatic carbocycles. The monoisotopic (exact) mass is 285 g/mol. The summed E-state index contributed by atoms with van der Waals surface area (Å²) in [4.78, 5) is 23.0. The van der Waals surface area contributed by atoms with Crippen LogP contribution in [0.15, 0.2) is 18.2 Å². The number of aliphatic carboxylic acids is 1. The van der Waals surface area contributed by atoms with Crippen LogP contribution in [0, 0.1) is 11.6 Å². The topological polar surface area (TPSA) is 75.6 Å². The number of carboxylic acids is 1. The molecule has 0 bridgehead atoms. The van der Waals surface area contributed by atoms with Gasteiger partial charge in [0.05, 0.1) is 0 Å². The minimum Gasteiger partial charge on any atom is -0.479 e. The van der Waals surface area contributed by atoms with E-state index >= 15 is 0 Å². The van der Waals surface area contributed by atoms with Crippen LogP contribution in [0.5, 0.6) is 0 Å². The molecule has 0 aromatic heterocycles. The number of benzene rings is 1. The Bertz CT molecular complexity index is 592. The highest BCUT2D eigenvalue weighted by Crippen LogP contribution is 2.38. The Morgan fingerprint density at radius 1 is 1.35 bits per heavy atom. The number of ether oxygens (including phenoxy) is 1. The highest BCUT2D eigenvalue weighted by Gasteiger charge is 2.56. The molecule has 2 rings (SSSR count). The van der Waals surface area contributed by atoms with Crippen molar-refractivity contribution in [3.8, 4) is 0 Å². The Hall–Kier alpha value is -2.02. The molecule has 7 heteroatoms. The molecule has 0 saturated carbocycles. The number of carbonyl (C=O) groups is 2. The molecule has 1 amide bonds. The van der Waals surface area contributed by atoms with Gasteiger partial charge in [0.15, 0.2) is 17.2 Å². The average Bonchev–Trinajstić information content (AvgIpc) is 2.37. The van der Waals surface area contributed by atoms with Crippen LogP contribution >= 0.6 is 0 Å². The van der Waals surface area contributed by atoms with Gasteiger partial charge < -0.3 is 15.2 Å². The fourth-order valence-corrected chi connectivity index (χ4v) is 2.22. The Labute approximate surface area is 113 Å². The van der Waals surface area contributed by atoms with Gasteiger partial charge >= 0.3 is 5.97 Å². The lowest BCUT2D eigenvalue weighted by Gasteiger charge is -2.47. The second kappa shape index (κ2) is 4.52. The Morgan fingerprint density at radius 2 is 2.00 bits per heavy atom.